The first-order chi connectivity index (χ1) is 15.8. The third-order valence-corrected chi connectivity index (χ3v) is 5.93. The Hall–Kier alpha value is -3.61. The minimum Gasteiger partial charge on any atom is -0.489 e. The Kier molecular flexibility index (Phi) is 6.22. The van der Waals surface area contributed by atoms with Gasteiger partial charge >= 0.3 is 0 Å². The predicted molar refractivity (Wildman–Crippen MR) is 128 cm³/mol. The van der Waals surface area contributed by atoms with Gasteiger partial charge in [0.05, 0.1) is 17.8 Å². The number of nitrogens with zero attached hydrogens (tertiary/aromatic N) is 1. The number of pyridine rings is 1. The van der Waals surface area contributed by atoms with Gasteiger partial charge in [-0.1, -0.05) is 18.2 Å². The molecule has 0 radical (unpaired) electrons. The average molecular weight is 450 g/mol. The predicted octanol–water partition coefficient (Wildman–Crippen LogP) is 4.34. The Labute approximate surface area is 192 Å². The minimum absolute atomic E-state index is 0.0763. The summed E-state index contributed by atoms with van der Waals surface area (Å²) >= 11 is 0. The number of H-pyrrole nitrogens is 1. The number of aryl methyl sites for hydroxylation is 2. The molecule has 0 fully saturated rings. The Morgan fingerprint density at radius 1 is 1.21 bits per heavy atom. The first-order valence-corrected chi connectivity index (χ1v) is 11.1. The first kappa shape index (κ1) is 22.6. The van der Waals surface area contributed by atoms with Crippen LogP contribution in [-0.4, -0.2) is 30.1 Å². The highest BCUT2D eigenvalue weighted by atomic mass is 19.1. The van der Waals surface area contributed by atoms with Gasteiger partial charge in [0.1, 0.15) is 12.4 Å². The van der Waals surface area contributed by atoms with Gasteiger partial charge in [0.15, 0.2) is 5.75 Å². The van der Waals surface area contributed by atoms with Crippen molar-refractivity contribution < 1.29 is 13.9 Å². The van der Waals surface area contributed by atoms with Crippen molar-refractivity contribution in [3.8, 4) is 16.9 Å². The molecule has 0 aliphatic carbocycles. The monoisotopic (exact) mass is 449 g/mol. The Balaban J connectivity index is 1.76. The number of aromatic nitrogens is 1. The second-order valence-electron chi connectivity index (χ2n) is 8.61. The molecule has 4 rings (SSSR count). The lowest BCUT2D eigenvalue weighted by molar-refractivity contribution is 0.0946. The summed E-state index contributed by atoms with van der Waals surface area (Å²) in [6, 6.07) is 12.1. The molecule has 0 saturated carbocycles. The van der Waals surface area contributed by atoms with Gasteiger partial charge in [0.2, 0.25) is 0 Å². The maximum atomic E-state index is 14.6. The van der Waals surface area contributed by atoms with Crippen molar-refractivity contribution in [1.82, 2.24) is 10.3 Å². The van der Waals surface area contributed by atoms with Crippen molar-refractivity contribution in [2.24, 2.45) is 0 Å². The van der Waals surface area contributed by atoms with Crippen molar-refractivity contribution >= 4 is 11.6 Å². The van der Waals surface area contributed by atoms with E-state index in [1.54, 1.807) is 24.3 Å². The molecule has 0 atom stereocenters. The van der Waals surface area contributed by atoms with Crippen LogP contribution in [0.4, 0.5) is 10.1 Å². The zero-order valence-corrected chi connectivity index (χ0v) is 19.3. The third kappa shape index (κ3) is 4.49. The number of ether oxygens (including phenoxy) is 1. The Morgan fingerprint density at radius 3 is 2.67 bits per heavy atom. The van der Waals surface area contributed by atoms with Crippen molar-refractivity contribution in [2.75, 3.05) is 18.1 Å². The Bertz CT molecular complexity index is 1270. The molecule has 0 saturated heterocycles. The second-order valence-corrected chi connectivity index (χ2v) is 8.61. The molecule has 2 aromatic carbocycles. The molecule has 1 aromatic heterocycles. The van der Waals surface area contributed by atoms with Crippen LogP contribution in [0.3, 0.4) is 0 Å². The molecule has 1 amide bonds. The van der Waals surface area contributed by atoms with Crippen LogP contribution in [0.25, 0.3) is 11.1 Å². The topological polar surface area (TPSA) is 74.4 Å². The van der Waals surface area contributed by atoms with Crippen LogP contribution >= 0.6 is 0 Å². The number of aromatic amines is 1. The van der Waals surface area contributed by atoms with Gasteiger partial charge in [-0.05, 0) is 63.1 Å². The SMILES string of the molecule is Cc1cc(C)c(CNC(=O)c2cc(-c3ccccc3F)cc3c2OCCN3C(C)C)c(=O)[nH]1. The quantitative estimate of drug-likeness (QED) is 0.608. The molecular weight excluding hydrogens is 421 g/mol. The summed E-state index contributed by atoms with van der Waals surface area (Å²) in [6.07, 6.45) is 0. The summed E-state index contributed by atoms with van der Waals surface area (Å²) in [5.41, 5.74) is 3.92. The van der Waals surface area contributed by atoms with Crippen LogP contribution < -0.4 is 20.5 Å². The largest absolute Gasteiger partial charge is 0.489 e. The zero-order chi connectivity index (χ0) is 23.7. The number of fused-ring (bicyclic) bond motifs is 1. The van der Waals surface area contributed by atoms with Crippen LogP contribution in [0.2, 0.25) is 0 Å². The van der Waals surface area contributed by atoms with E-state index in [-0.39, 0.29) is 29.9 Å². The van der Waals surface area contributed by atoms with Gasteiger partial charge < -0.3 is 19.9 Å². The number of carbonyl (C=O) groups is 1. The number of anilines is 1. The normalized spacial score (nSPS) is 13.0. The third-order valence-electron chi connectivity index (χ3n) is 5.93. The molecular formula is C26H28FN3O3. The number of benzene rings is 2. The Morgan fingerprint density at radius 2 is 1.97 bits per heavy atom. The summed E-state index contributed by atoms with van der Waals surface area (Å²) in [4.78, 5) is 30.6. The van der Waals surface area contributed by atoms with Gasteiger partial charge in [-0.3, -0.25) is 9.59 Å². The van der Waals surface area contributed by atoms with E-state index in [1.165, 1.54) is 6.07 Å². The smallest absolute Gasteiger partial charge is 0.255 e. The van der Waals surface area contributed by atoms with Crippen molar-refractivity contribution in [2.45, 2.75) is 40.3 Å². The highest BCUT2D eigenvalue weighted by Gasteiger charge is 2.27. The van der Waals surface area contributed by atoms with E-state index in [9.17, 15) is 14.0 Å². The molecule has 33 heavy (non-hydrogen) atoms. The van der Waals surface area contributed by atoms with E-state index in [1.807, 2.05) is 26.0 Å². The number of hydrogen-bond acceptors (Lipinski definition) is 4. The molecule has 2 N–H and O–H groups in total. The molecule has 1 aliphatic rings. The number of hydrogen-bond donors (Lipinski definition) is 2. The number of carbonyl (C=O) groups excluding carboxylic acids is 1. The van der Waals surface area contributed by atoms with Gasteiger partial charge in [0.25, 0.3) is 11.5 Å². The van der Waals surface area contributed by atoms with E-state index in [0.29, 0.717) is 41.2 Å². The highest BCUT2D eigenvalue weighted by molar-refractivity contribution is 6.01. The maximum absolute atomic E-state index is 14.6. The molecule has 3 aromatic rings. The van der Waals surface area contributed by atoms with E-state index in [4.69, 9.17) is 4.74 Å². The van der Waals surface area contributed by atoms with Crippen LogP contribution in [0, 0.1) is 19.7 Å². The van der Waals surface area contributed by atoms with Gasteiger partial charge in [-0.2, -0.15) is 0 Å². The van der Waals surface area contributed by atoms with E-state index < -0.39 is 0 Å². The summed E-state index contributed by atoms with van der Waals surface area (Å²) in [5, 5.41) is 2.85. The van der Waals surface area contributed by atoms with E-state index >= 15 is 0 Å². The van der Waals surface area contributed by atoms with Crippen molar-refractivity contribution in [1.29, 1.82) is 0 Å². The molecule has 7 heteroatoms. The minimum atomic E-state index is -0.380. The summed E-state index contributed by atoms with van der Waals surface area (Å²) in [5.74, 6) is -0.269. The van der Waals surface area contributed by atoms with Crippen LogP contribution in [0.15, 0.2) is 47.3 Å². The molecule has 172 valence electrons. The summed E-state index contributed by atoms with van der Waals surface area (Å²) < 4.78 is 20.5. The lowest BCUT2D eigenvalue weighted by Gasteiger charge is -2.35. The van der Waals surface area contributed by atoms with Gasteiger partial charge in [0, 0.05) is 29.4 Å². The average Bonchev–Trinajstić information content (AvgIpc) is 2.77. The van der Waals surface area contributed by atoms with Crippen LogP contribution in [0.1, 0.15) is 41.0 Å². The number of rotatable bonds is 5. The molecule has 0 unspecified atom stereocenters. The molecule has 6 nitrogen and oxygen atoms in total. The van der Waals surface area contributed by atoms with Crippen LogP contribution in [0.5, 0.6) is 5.75 Å². The number of halogens is 1. The highest BCUT2D eigenvalue weighted by Crippen LogP contribution is 2.40. The standard InChI is InChI=1S/C26H28FN3O3/c1-15(2)30-9-10-33-24-20(12-18(13-23(24)30)19-7-5-6-8-22(19)27)25(31)28-14-21-16(3)11-17(4)29-26(21)32/h5-8,11-13,15H,9-10,14H2,1-4H3,(H,28,31)(H,29,32). The van der Waals surface area contributed by atoms with Crippen LogP contribution in [-0.2, 0) is 6.54 Å². The first-order valence-electron chi connectivity index (χ1n) is 11.1. The molecule has 2 heterocycles. The number of amides is 1. The molecule has 0 spiro atoms. The van der Waals surface area contributed by atoms with Crippen molar-refractivity contribution in [3.63, 3.8) is 0 Å². The van der Waals surface area contributed by atoms with Crippen molar-refractivity contribution in [3.05, 3.63) is 81.0 Å². The molecule has 0 bridgehead atoms. The number of nitrogens with one attached hydrogen (secondary N) is 2. The zero-order valence-electron chi connectivity index (χ0n) is 19.3. The summed E-state index contributed by atoms with van der Waals surface area (Å²) in [6.45, 7) is 8.98. The summed E-state index contributed by atoms with van der Waals surface area (Å²) in [7, 11) is 0. The van der Waals surface area contributed by atoms with Gasteiger partial charge in [-0.15, -0.1) is 0 Å². The fourth-order valence-corrected chi connectivity index (χ4v) is 4.27. The second kappa shape index (κ2) is 9.10. The molecule has 1 aliphatic heterocycles. The maximum Gasteiger partial charge on any atom is 0.255 e. The fraction of sp³-hybridized carbons (Fsp3) is 0.308. The fourth-order valence-electron chi connectivity index (χ4n) is 4.27. The van der Waals surface area contributed by atoms with Gasteiger partial charge in [-0.25, -0.2) is 4.39 Å². The lowest BCUT2D eigenvalue weighted by Crippen LogP contribution is -2.39. The van der Waals surface area contributed by atoms with E-state index in [0.717, 1.165) is 16.9 Å². The van der Waals surface area contributed by atoms with E-state index in [2.05, 4.69) is 29.0 Å². The lowest BCUT2D eigenvalue weighted by atomic mass is 9.98.